The largest absolute Gasteiger partial charge is 0.356 e. The van der Waals surface area contributed by atoms with Crippen molar-refractivity contribution in [3.8, 4) is 78.1 Å². The van der Waals surface area contributed by atoms with E-state index in [0.717, 1.165) is 32.9 Å². The monoisotopic (exact) mass is 1470 g/mol. The molecule has 4 nitrogen and oxygen atoms in total. The van der Waals surface area contributed by atoms with Crippen molar-refractivity contribution < 1.29 is 0 Å². The molecule has 0 saturated carbocycles. The van der Waals surface area contributed by atoms with E-state index < -0.39 is 0 Å². The number of fused-ring (bicyclic) bond motifs is 12. The van der Waals surface area contributed by atoms with Crippen molar-refractivity contribution >= 4 is 88.0 Å². The van der Waals surface area contributed by atoms with Gasteiger partial charge in [-0.25, -0.2) is 0 Å². The summed E-state index contributed by atoms with van der Waals surface area (Å²) in [7, 11) is 0. The van der Waals surface area contributed by atoms with Gasteiger partial charge in [-0.2, -0.15) is 0 Å². The Balaban J connectivity index is 0.000000140. The lowest BCUT2D eigenvalue weighted by molar-refractivity contribution is 0.660. The molecular weight excluding hydrogens is 1390 g/mol. The summed E-state index contributed by atoms with van der Waals surface area (Å²) < 4.78 is 5.96. The fourth-order valence-electron chi connectivity index (χ4n) is 16.6. The first kappa shape index (κ1) is 70.5. The van der Waals surface area contributed by atoms with Crippen LogP contribution in [0.25, 0.3) is 122 Å². The van der Waals surface area contributed by atoms with Crippen LogP contribution in [0.15, 0.2) is 393 Å². The number of hydrogen-bond acceptors (Lipinski definition) is 2. The first-order valence-electron chi connectivity index (χ1n) is 36.9. The average molecular weight is 1470 g/mol. The van der Waals surface area contributed by atoms with Gasteiger partial charge in [0, 0.05) is 76.4 Å². The first-order valence-corrected chi connectivity index (χ1v) is 37.7. The molecule has 18 aromatic rings. The quantitative estimate of drug-likeness (QED) is 0.140. The second-order valence-corrected chi connectivity index (χ2v) is 29.9. The fraction of sp³-hybridized carbons (Fsp3) is 0.0769. The highest BCUT2D eigenvalue weighted by molar-refractivity contribution is 9.10. The highest BCUT2D eigenvalue weighted by atomic mass is 79.9. The van der Waals surface area contributed by atoms with Crippen molar-refractivity contribution in [1.29, 1.82) is 0 Å². The van der Waals surface area contributed by atoms with Crippen LogP contribution in [-0.4, -0.2) is 9.13 Å². The summed E-state index contributed by atoms with van der Waals surface area (Å²) in [4.78, 5) is 2.40. The topological polar surface area (TPSA) is 25.1 Å². The van der Waals surface area contributed by atoms with Gasteiger partial charge in [0.05, 0.1) is 33.4 Å². The second-order valence-electron chi connectivity index (χ2n) is 29.0. The van der Waals surface area contributed by atoms with Gasteiger partial charge in [-0.15, -0.1) is 0 Å². The third kappa shape index (κ3) is 12.9. The zero-order valence-corrected chi connectivity index (χ0v) is 61.8. The summed E-state index contributed by atoms with van der Waals surface area (Å²) in [5.74, 6) is 0. The van der Waals surface area contributed by atoms with Crippen LogP contribution < -0.4 is 10.2 Å². The molecule has 0 aliphatic heterocycles. The van der Waals surface area contributed by atoms with Gasteiger partial charge in [-0.1, -0.05) is 338 Å². The molecule has 5 heteroatoms. The first-order chi connectivity index (χ1) is 52.5. The fourth-order valence-corrected chi connectivity index (χ4v) is 17.0. The molecule has 0 unspecified atom stereocenters. The number of para-hydroxylation sites is 6. The highest BCUT2D eigenvalue weighted by Crippen LogP contribution is 2.52. The summed E-state index contributed by atoms with van der Waals surface area (Å²) in [5, 5.41) is 8.63. The molecule has 0 radical (unpaired) electrons. The Hall–Kier alpha value is -12.8. The van der Waals surface area contributed by atoms with Gasteiger partial charge in [0.1, 0.15) is 0 Å². The van der Waals surface area contributed by atoms with Gasteiger partial charge < -0.3 is 19.4 Å². The highest BCUT2D eigenvalue weighted by Gasteiger charge is 2.37. The molecule has 0 bridgehead atoms. The second kappa shape index (κ2) is 29.5. The summed E-state index contributed by atoms with van der Waals surface area (Å²) in [5.41, 5.74) is 33.4. The van der Waals surface area contributed by atoms with Gasteiger partial charge in [0.25, 0.3) is 0 Å². The molecule has 2 aliphatic carbocycles. The number of aromatic nitrogens is 2. The van der Waals surface area contributed by atoms with Crippen molar-refractivity contribution in [2.45, 2.75) is 53.4 Å². The van der Waals surface area contributed by atoms with Crippen LogP contribution in [-0.2, 0) is 10.8 Å². The van der Waals surface area contributed by atoms with Crippen molar-refractivity contribution in [1.82, 2.24) is 9.13 Å². The molecule has 528 valence electrons. The van der Waals surface area contributed by atoms with Crippen molar-refractivity contribution in [3.05, 3.63) is 415 Å². The standard InChI is InChI=1S/C51H38N2.C36H26N2.C15H13Br.2CH4/c1-51(2)46-20-10-6-17-42(46)43-33-32-40(34-47(43)51)52(38-28-24-36(25-29-38)35-14-4-3-5-15-35)39-30-26-37(27-31-39)41-16-7-11-21-48(41)53-49-22-12-8-18-44(49)45-19-9-13-23-50(45)53;1-2-10-26(11-3-1)27-18-22-29(23-19-27)37-30-24-20-28(21-25-30)31-12-4-7-15-34(31)38-35-16-8-5-13-32(35)33-14-6-9-17-36(33)38;1-15(2)13-6-4-3-5-11(13)12-8-7-10(16)9-14(12)15;;/h3-34H,1-2H3;1-25,37H;3-9H,1-2H3;2*1H4. The van der Waals surface area contributed by atoms with Gasteiger partial charge in [0.15, 0.2) is 0 Å². The Morgan fingerprint density at radius 3 is 0.963 bits per heavy atom. The van der Waals surface area contributed by atoms with E-state index in [9.17, 15) is 0 Å². The van der Waals surface area contributed by atoms with Gasteiger partial charge in [-0.05, 0) is 187 Å². The SMILES string of the molecule is C.C.CC1(C)c2ccccc2-c2ccc(Br)cc21.CC1(C)c2ccccc2-c2ccc(N(c3ccc(-c4ccccc4)cc3)c3ccc(-c4ccccc4-n4c5ccccc5c5ccccc54)cc3)cc21.c1ccc(-c2ccc(Nc3ccc(-c4ccccc4-n4c5ccccc5c5ccccc54)cc3)cc2)cc1. The van der Waals surface area contributed by atoms with Crippen LogP contribution in [0.5, 0.6) is 0 Å². The van der Waals surface area contributed by atoms with E-state index in [4.69, 9.17) is 0 Å². The lowest BCUT2D eigenvalue weighted by atomic mass is 9.82. The van der Waals surface area contributed by atoms with E-state index in [0.29, 0.717) is 0 Å². The van der Waals surface area contributed by atoms with Crippen molar-refractivity contribution in [2.24, 2.45) is 0 Å². The summed E-state index contributed by atoms with van der Waals surface area (Å²) >= 11 is 3.56. The van der Waals surface area contributed by atoms with Gasteiger partial charge in [-0.3, -0.25) is 0 Å². The summed E-state index contributed by atoms with van der Waals surface area (Å²) in [6, 6.07) is 140. The Morgan fingerprint density at radius 2 is 0.541 bits per heavy atom. The van der Waals surface area contributed by atoms with Gasteiger partial charge in [0.2, 0.25) is 0 Å². The molecule has 0 amide bonds. The third-order valence-electron chi connectivity index (χ3n) is 22.0. The smallest absolute Gasteiger partial charge is 0.0541 e. The minimum atomic E-state index is -0.0921. The molecule has 0 fully saturated rings. The third-order valence-corrected chi connectivity index (χ3v) is 22.5. The number of rotatable bonds is 11. The molecule has 2 aliphatic rings. The Kier molecular flexibility index (Phi) is 19.1. The number of anilines is 5. The zero-order chi connectivity index (χ0) is 72.2. The van der Waals surface area contributed by atoms with E-state index in [2.05, 4.69) is 445 Å². The van der Waals surface area contributed by atoms with E-state index in [1.54, 1.807) is 0 Å². The van der Waals surface area contributed by atoms with Gasteiger partial charge >= 0.3 is 0 Å². The van der Waals surface area contributed by atoms with E-state index in [1.807, 2.05) is 6.07 Å². The van der Waals surface area contributed by atoms with Crippen LogP contribution in [0.2, 0.25) is 0 Å². The minimum Gasteiger partial charge on any atom is -0.356 e. The molecule has 2 aromatic heterocycles. The maximum atomic E-state index is 3.56. The Morgan fingerprint density at radius 1 is 0.248 bits per heavy atom. The summed E-state index contributed by atoms with van der Waals surface area (Å²) in [6.07, 6.45) is 0. The van der Waals surface area contributed by atoms with E-state index in [-0.39, 0.29) is 25.7 Å². The number of benzene rings is 16. The minimum absolute atomic E-state index is 0. The Labute approximate surface area is 649 Å². The van der Waals surface area contributed by atoms with Crippen LogP contribution in [0.1, 0.15) is 64.8 Å². The number of hydrogen-bond donors (Lipinski definition) is 1. The van der Waals surface area contributed by atoms with E-state index >= 15 is 0 Å². The summed E-state index contributed by atoms with van der Waals surface area (Å²) in [6.45, 7) is 9.29. The molecule has 0 saturated heterocycles. The molecule has 2 heterocycles. The average Bonchev–Trinajstić information content (AvgIpc) is 1.62. The maximum Gasteiger partial charge on any atom is 0.0541 e. The molecule has 20 rings (SSSR count). The molecule has 0 spiro atoms. The number of halogens is 1. The lowest BCUT2D eigenvalue weighted by Crippen LogP contribution is -2.16. The maximum absolute atomic E-state index is 3.56. The molecular formula is C104H85BrN4. The molecule has 1 N–H and O–H groups in total. The zero-order valence-electron chi connectivity index (χ0n) is 60.2. The molecule has 0 atom stereocenters. The van der Waals surface area contributed by atoms with Crippen LogP contribution >= 0.6 is 15.9 Å². The van der Waals surface area contributed by atoms with Crippen molar-refractivity contribution in [3.63, 3.8) is 0 Å². The normalized spacial score (nSPS) is 12.4. The van der Waals surface area contributed by atoms with Crippen LogP contribution in [0.3, 0.4) is 0 Å². The number of nitrogens with one attached hydrogen (secondary N) is 1. The molecule has 109 heavy (non-hydrogen) atoms. The Bertz CT molecular complexity index is 6220. The van der Waals surface area contributed by atoms with Crippen LogP contribution in [0, 0.1) is 0 Å². The lowest BCUT2D eigenvalue weighted by Gasteiger charge is -2.28. The van der Waals surface area contributed by atoms with E-state index in [1.165, 1.54) is 144 Å². The number of nitrogens with zero attached hydrogens (tertiary/aromatic N) is 3. The van der Waals surface area contributed by atoms with Crippen molar-refractivity contribution in [2.75, 3.05) is 10.2 Å². The predicted octanol–water partition coefficient (Wildman–Crippen LogP) is 29.8. The van der Waals surface area contributed by atoms with Crippen LogP contribution in [0.4, 0.5) is 28.4 Å². The molecule has 16 aromatic carbocycles. The predicted molar refractivity (Wildman–Crippen MR) is 470 cm³/mol.